The number of hydrogen-bond acceptors (Lipinski definition) is 3. The monoisotopic (exact) mass is 250 g/mol. The van der Waals surface area contributed by atoms with Crippen molar-refractivity contribution in [2.75, 3.05) is 0 Å². The van der Waals surface area contributed by atoms with Gasteiger partial charge in [-0.3, -0.25) is 9.48 Å². The highest BCUT2D eigenvalue weighted by Gasteiger charge is 2.65. The highest BCUT2D eigenvalue weighted by atomic mass is 16.2. The van der Waals surface area contributed by atoms with Crippen molar-refractivity contribution in [2.24, 2.45) is 23.6 Å². The van der Waals surface area contributed by atoms with Gasteiger partial charge in [-0.15, -0.1) is 0 Å². The Kier molecular flexibility index (Phi) is 2.77. The van der Waals surface area contributed by atoms with Gasteiger partial charge in [0.15, 0.2) is 0 Å². The molecule has 0 spiro atoms. The van der Waals surface area contributed by atoms with E-state index in [9.17, 15) is 4.79 Å². The van der Waals surface area contributed by atoms with E-state index in [2.05, 4.69) is 38.1 Å². The first-order valence-electron chi connectivity index (χ1n) is 6.22. The first-order valence-corrected chi connectivity index (χ1v) is 6.22. The molecule has 1 aliphatic carbocycles. The maximum absolute atomic E-state index is 12.1. The molecule has 5 nitrogen and oxygen atoms in total. The van der Waals surface area contributed by atoms with Gasteiger partial charge < -0.3 is 11.1 Å². The van der Waals surface area contributed by atoms with Crippen LogP contribution in [0.15, 0.2) is 12.4 Å². The van der Waals surface area contributed by atoms with E-state index < -0.39 is 6.04 Å². The maximum atomic E-state index is 12.1. The van der Waals surface area contributed by atoms with Crippen molar-refractivity contribution >= 4 is 5.91 Å². The number of aromatic nitrogens is 2. The highest BCUT2D eigenvalue weighted by Crippen LogP contribution is 2.62. The number of nitrogens with zero attached hydrogens (tertiary/aromatic N) is 2. The Hall–Kier alpha value is -1.36. The van der Waals surface area contributed by atoms with E-state index in [1.54, 1.807) is 24.1 Å². The summed E-state index contributed by atoms with van der Waals surface area (Å²) in [7, 11) is 1.81. The molecule has 0 aromatic carbocycles. The molecular formula is C13H22N4O. The fraction of sp³-hybridized carbons (Fsp3) is 0.692. The molecule has 0 bridgehead atoms. The van der Waals surface area contributed by atoms with Gasteiger partial charge in [0.1, 0.15) is 6.04 Å². The van der Waals surface area contributed by atoms with E-state index in [0.29, 0.717) is 0 Å². The summed E-state index contributed by atoms with van der Waals surface area (Å²) in [4.78, 5) is 12.1. The normalized spacial score (nSPS) is 22.6. The smallest absolute Gasteiger partial charge is 0.241 e. The van der Waals surface area contributed by atoms with Crippen LogP contribution < -0.4 is 11.1 Å². The summed E-state index contributed by atoms with van der Waals surface area (Å²) in [6.07, 6.45) is 3.40. The molecule has 1 unspecified atom stereocenters. The zero-order valence-corrected chi connectivity index (χ0v) is 11.7. The van der Waals surface area contributed by atoms with Gasteiger partial charge in [0, 0.05) is 24.8 Å². The Bertz CT molecular complexity index is 461. The van der Waals surface area contributed by atoms with Crippen LogP contribution in [0.5, 0.6) is 0 Å². The lowest BCUT2D eigenvalue weighted by Crippen LogP contribution is -2.37. The van der Waals surface area contributed by atoms with E-state index in [-0.39, 0.29) is 22.8 Å². The average molecular weight is 250 g/mol. The van der Waals surface area contributed by atoms with Gasteiger partial charge in [0.25, 0.3) is 0 Å². The van der Waals surface area contributed by atoms with Crippen molar-refractivity contribution in [3.05, 3.63) is 18.0 Å². The maximum Gasteiger partial charge on any atom is 0.241 e. The SMILES string of the molecule is Cn1cc(C(N)C(=O)NC2C(C)(C)C2(C)C)cn1. The van der Waals surface area contributed by atoms with Gasteiger partial charge in [0.05, 0.1) is 6.20 Å². The fourth-order valence-electron chi connectivity index (χ4n) is 2.54. The number of hydrogen-bond donors (Lipinski definition) is 2. The van der Waals surface area contributed by atoms with E-state index in [0.717, 1.165) is 5.56 Å². The van der Waals surface area contributed by atoms with Gasteiger partial charge in [-0.25, -0.2) is 0 Å². The average Bonchev–Trinajstić information content (AvgIpc) is 2.65. The molecule has 100 valence electrons. The minimum atomic E-state index is -0.647. The molecule has 18 heavy (non-hydrogen) atoms. The van der Waals surface area contributed by atoms with Crippen molar-refractivity contribution < 1.29 is 4.79 Å². The molecule has 5 heteroatoms. The Balaban J connectivity index is 2.02. The number of amides is 1. The summed E-state index contributed by atoms with van der Waals surface area (Å²) in [5.74, 6) is -0.133. The molecule has 1 heterocycles. The van der Waals surface area contributed by atoms with Crippen LogP contribution in [0.4, 0.5) is 0 Å². The molecule has 1 fully saturated rings. The number of aryl methyl sites for hydroxylation is 1. The van der Waals surface area contributed by atoms with E-state index in [1.807, 2.05) is 0 Å². The zero-order valence-electron chi connectivity index (χ0n) is 11.7. The molecule has 1 amide bonds. The lowest BCUT2D eigenvalue weighted by Gasteiger charge is -2.12. The summed E-state index contributed by atoms with van der Waals surface area (Å²) in [6, 6.07) is -0.467. The van der Waals surface area contributed by atoms with E-state index in [1.165, 1.54) is 0 Å². The van der Waals surface area contributed by atoms with Crippen LogP contribution in [-0.4, -0.2) is 21.7 Å². The molecule has 1 aliphatic rings. The Morgan fingerprint density at radius 3 is 2.39 bits per heavy atom. The summed E-state index contributed by atoms with van der Waals surface area (Å²) >= 11 is 0. The third kappa shape index (κ3) is 1.82. The molecule has 0 aliphatic heterocycles. The minimum absolute atomic E-state index is 0.122. The summed E-state index contributed by atoms with van der Waals surface area (Å²) < 4.78 is 1.65. The fourth-order valence-corrected chi connectivity index (χ4v) is 2.54. The van der Waals surface area contributed by atoms with E-state index >= 15 is 0 Å². The standard InChI is InChI=1S/C13H22N4O/c1-12(2)11(13(12,3)4)16-10(18)9(14)8-6-15-17(5)7-8/h6-7,9,11H,14H2,1-5H3,(H,16,18). The lowest BCUT2D eigenvalue weighted by molar-refractivity contribution is -0.122. The third-order valence-electron chi connectivity index (χ3n) is 4.67. The second-order valence-corrected chi connectivity index (χ2v) is 6.31. The second-order valence-electron chi connectivity index (χ2n) is 6.31. The summed E-state index contributed by atoms with van der Waals surface area (Å²) in [6.45, 7) is 8.64. The van der Waals surface area contributed by atoms with Crippen molar-refractivity contribution in [3.63, 3.8) is 0 Å². The summed E-state index contributed by atoms with van der Waals surface area (Å²) in [5.41, 5.74) is 6.93. The number of carbonyl (C=O) groups excluding carboxylic acids is 1. The quantitative estimate of drug-likeness (QED) is 0.839. The Labute approximate surface area is 108 Å². The van der Waals surface area contributed by atoms with Crippen LogP contribution in [0.1, 0.15) is 39.3 Å². The van der Waals surface area contributed by atoms with Crippen molar-refractivity contribution in [2.45, 2.75) is 39.8 Å². The molecule has 1 saturated carbocycles. The number of carbonyl (C=O) groups is 1. The first kappa shape index (κ1) is 13.1. The topological polar surface area (TPSA) is 72.9 Å². The van der Waals surface area contributed by atoms with Crippen molar-refractivity contribution in [1.29, 1.82) is 0 Å². The van der Waals surface area contributed by atoms with Gasteiger partial charge in [0.2, 0.25) is 5.91 Å². The number of rotatable bonds is 3. The Morgan fingerprint density at radius 1 is 1.44 bits per heavy atom. The predicted octanol–water partition coefficient (Wildman–Crippen LogP) is 0.971. The van der Waals surface area contributed by atoms with Gasteiger partial charge in [-0.1, -0.05) is 27.7 Å². The lowest BCUT2D eigenvalue weighted by atomic mass is 10.0. The largest absolute Gasteiger partial charge is 0.351 e. The van der Waals surface area contributed by atoms with Crippen LogP contribution in [0.3, 0.4) is 0 Å². The molecule has 3 N–H and O–H groups in total. The molecule has 1 aromatic heterocycles. The molecule has 0 radical (unpaired) electrons. The number of nitrogens with two attached hydrogens (primary N) is 1. The van der Waals surface area contributed by atoms with Gasteiger partial charge in [-0.2, -0.15) is 5.10 Å². The highest BCUT2D eigenvalue weighted by molar-refractivity contribution is 5.83. The van der Waals surface area contributed by atoms with Crippen LogP contribution in [-0.2, 0) is 11.8 Å². The zero-order chi connectivity index (χ0) is 13.7. The Morgan fingerprint density at radius 2 is 2.00 bits per heavy atom. The molecule has 1 aromatic rings. The van der Waals surface area contributed by atoms with Gasteiger partial charge in [-0.05, 0) is 10.8 Å². The van der Waals surface area contributed by atoms with Crippen LogP contribution in [0.25, 0.3) is 0 Å². The third-order valence-corrected chi connectivity index (χ3v) is 4.67. The van der Waals surface area contributed by atoms with Crippen molar-refractivity contribution in [3.8, 4) is 0 Å². The van der Waals surface area contributed by atoms with Gasteiger partial charge >= 0.3 is 0 Å². The van der Waals surface area contributed by atoms with Crippen LogP contribution >= 0.6 is 0 Å². The van der Waals surface area contributed by atoms with Crippen molar-refractivity contribution in [1.82, 2.24) is 15.1 Å². The van der Waals surface area contributed by atoms with Crippen LogP contribution in [0, 0.1) is 10.8 Å². The molecule has 0 saturated heterocycles. The second kappa shape index (κ2) is 3.82. The first-order chi connectivity index (χ1) is 8.18. The minimum Gasteiger partial charge on any atom is -0.351 e. The number of nitrogens with one attached hydrogen (secondary N) is 1. The predicted molar refractivity (Wildman–Crippen MR) is 69.6 cm³/mol. The molecule has 2 rings (SSSR count). The summed E-state index contributed by atoms with van der Waals surface area (Å²) in [5, 5.41) is 7.07. The van der Waals surface area contributed by atoms with E-state index in [4.69, 9.17) is 5.73 Å². The molecular weight excluding hydrogens is 228 g/mol. The van der Waals surface area contributed by atoms with Crippen LogP contribution in [0.2, 0.25) is 0 Å². The molecule has 1 atom stereocenters.